The van der Waals surface area contributed by atoms with E-state index in [1.54, 1.807) is 43.6 Å². The monoisotopic (exact) mass is 397 g/mol. The summed E-state index contributed by atoms with van der Waals surface area (Å²) in [7, 11) is 1.59. The van der Waals surface area contributed by atoms with Crippen LogP contribution < -0.4 is 15.4 Å². The van der Waals surface area contributed by atoms with Crippen molar-refractivity contribution in [3.05, 3.63) is 76.9 Å². The fourth-order valence-electron chi connectivity index (χ4n) is 2.19. The number of anilines is 3. The second-order valence-electron chi connectivity index (χ2n) is 5.22. The van der Waals surface area contributed by atoms with Gasteiger partial charge < -0.3 is 15.4 Å². The van der Waals surface area contributed by atoms with E-state index >= 15 is 0 Å². The fraction of sp³-hybridized carbons (Fsp3) is 0.0526. The van der Waals surface area contributed by atoms with Crippen molar-refractivity contribution in [2.75, 3.05) is 17.7 Å². The third-order valence-corrected chi connectivity index (χ3v) is 4.20. The Bertz CT molecular complexity index is 865. The molecule has 1 amide bonds. The Labute approximate surface area is 154 Å². The predicted molar refractivity (Wildman–Crippen MR) is 103 cm³/mol. The zero-order valence-electron chi connectivity index (χ0n) is 13.5. The molecular weight excluding hydrogens is 382 g/mol. The molecule has 5 nitrogen and oxygen atoms in total. The molecule has 6 heteroatoms. The topological polar surface area (TPSA) is 63.2 Å². The van der Waals surface area contributed by atoms with Gasteiger partial charge in [-0.3, -0.25) is 4.79 Å². The van der Waals surface area contributed by atoms with Gasteiger partial charge in [0.2, 0.25) is 0 Å². The van der Waals surface area contributed by atoms with E-state index in [1.807, 2.05) is 30.3 Å². The van der Waals surface area contributed by atoms with Gasteiger partial charge in [0.15, 0.2) is 0 Å². The van der Waals surface area contributed by atoms with Crippen LogP contribution in [0.3, 0.4) is 0 Å². The number of ether oxygens (including phenoxy) is 1. The molecule has 0 aliphatic rings. The van der Waals surface area contributed by atoms with Gasteiger partial charge in [-0.15, -0.1) is 0 Å². The highest BCUT2D eigenvalue weighted by Gasteiger charge is 2.07. The second kappa shape index (κ2) is 7.81. The van der Waals surface area contributed by atoms with Crippen molar-refractivity contribution in [1.29, 1.82) is 0 Å². The molecule has 0 unspecified atom stereocenters. The van der Waals surface area contributed by atoms with Gasteiger partial charge in [-0.2, -0.15) is 0 Å². The van der Waals surface area contributed by atoms with Crippen LogP contribution in [0.25, 0.3) is 0 Å². The number of pyridine rings is 1. The molecule has 0 aliphatic carbocycles. The number of carbonyl (C=O) groups is 1. The van der Waals surface area contributed by atoms with E-state index in [1.165, 1.54) is 0 Å². The Morgan fingerprint density at radius 1 is 1.04 bits per heavy atom. The number of halogens is 1. The van der Waals surface area contributed by atoms with E-state index in [2.05, 4.69) is 31.5 Å². The second-order valence-corrected chi connectivity index (χ2v) is 6.07. The van der Waals surface area contributed by atoms with Gasteiger partial charge in [-0.05, 0) is 64.5 Å². The number of methoxy groups -OCH3 is 1. The summed E-state index contributed by atoms with van der Waals surface area (Å²) in [4.78, 5) is 16.5. The van der Waals surface area contributed by atoms with Crippen LogP contribution in [-0.2, 0) is 0 Å². The summed E-state index contributed by atoms with van der Waals surface area (Å²) in [6, 6.07) is 18.3. The van der Waals surface area contributed by atoms with Gasteiger partial charge in [0, 0.05) is 10.0 Å². The third kappa shape index (κ3) is 4.36. The molecule has 25 heavy (non-hydrogen) atoms. The summed E-state index contributed by atoms with van der Waals surface area (Å²) in [5, 5.41) is 6.03. The Kier molecular flexibility index (Phi) is 5.30. The summed E-state index contributed by atoms with van der Waals surface area (Å²) in [5.41, 5.74) is 2.31. The molecule has 0 radical (unpaired) electrons. The molecule has 0 fully saturated rings. The molecule has 0 saturated carbocycles. The van der Waals surface area contributed by atoms with Crippen molar-refractivity contribution in [3.63, 3.8) is 0 Å². The Balaban J connectivity index is 1.65. The molecule has 2 N–H and O–H groups in total. The lowest BCUT2D eigenvalue weighted by Crippen LogP contribution is -2.12. The summed E-state index contributed by atoms with van der Waals surface area (Å²) >= 11 is 3.49. The SMILES string of the molecule is COc1ccc(C(=O)Nc2ccc(Nc3ccccc3Br)cn2)cc1. The molecule has 2 aromatic carbocycles. The van der Waals surface area contributed by atoms with Crippen LogP contribution in [-0.4, -0.2) is 18.0 Å². The Morgan fingerprint density at radius 3 is 2.44 bits per heavy atom. The molecular formula is C19H16BrN3O2. The van der Waals surface area contributed by atoms with Crippen molar-refractivity contribution in [2.24, 2.45) is 0 Å². The first-order valence-corrected chi connectivity index (χ1v) is 8.38. The first kappa shape index (κ1) is 17.0. The van der Waals surface area contributed by atoms with Crippen LogP contribution in [0.4, 0.5) is 17.2 Å². The molecule has 0 aliphatic heterocycles. The van der Waals surface area contributed by atoms with Crippen LogP contribution in [0.2, 0.25) is 0 Å². The van der Waals surface area contributed by atoms with Crippen molar-refractivity contribution in [3.8, 4) is 5.75 Å². The number of hydrogen-bond acceptors (Lipinski definition) is 4. The summed E-state index contributed by atoms with van der Waals surface area (Å²) in [6.45, 7) is 0. The van der Waals surface area contributed by atoms with Crippen molar-refractivity contribution < 1.29 is 9.53 Å². The van der Waals surface area contributed by atoms with Crippen LogP contribution in [0.1, 0.15) is 10.4 Å². The van der Waals surface area contributed by atoms with E-state index in [9.17, 15) is 4.79 Å². The minimum absolute atomic E-state index is 0.221. The van der Waals surface area contributed by atoms with E-state index in [4.69, 9.17) is 4.74 Å². The minimum atomic E-state index is -0.221. The number of nitrogens with one attached hydrogen (secondary N) is 2. The van der Waals surface area contributed by atoms with Gasteiger partial charge in [0.1, 0.15) is 11.6 Å². The maximum atomic E-state index is 12.2. The normalized spacial score (nSPS) is 10.2. The van der Waals surface area contributed by atoms with Crippen LogP contribution >= 0.6 is 15.9 Å². The third-order valence-electron chi connectivity index (χ3n) is 3.51. The smallest absolute Gasteiger partial charge is 0.256 e. The number of benzene rings is 2. The number of para-hydroxylation sites is 1. The number of aromatic nitrogens is 1. The lowest BCUT2D eigenvalue weighted by Gasteiger charge is -2.09. The number of carbonyl (C=O) groups excluding carboxylic acids is 1. The highest BCUT2D eigenvalue weighted by molar-refractivity contribution is 9.10. The molecule has 1 aromatic heterocycles. The zero-order chi connectivity index (χ0) is 17.6. The van der Waals surface area contributed by atoms with E-state index in [0.29, 0.717) is 17.1 Å². The molecule has 0 bridgehead atoms. The fourth-order valence-corrected chi connectivity index (χ4v) is 2.57. The maximum Gasteiger partial charge on any atom is 0.256 e. The van der Waals surface area contributed by atoms with E-state index < -0.39 is 0 Å². The summed E-state index contributed by atoms with van der Waals surface area (Å²) in [6.07, 6.45) is 1.67. The lowest BCUT2D eigenvalue weighted by molar-refractivity contribution is 0.102. The predicted octanol–water partition coefficient (Wildman–Crippen LogP) is 4.85. The molecule has 3 rings (SSSR count). The average Bonchev–Trinajstić information content (AvgIpc) is 2.65. The average molecular weight is 398 g/mol. The molecule has 0 saturated heterocycles. The van der Waals surface area contributed by atoms with Crippen molar-refractivity contribution >= 4 is 39.0 Å². The lowest BCUT2D eigenvalue weighted by atomic mass is 10.2. The largest absolute Gasteiger partial charge is 0.497 e. The van der Waals surface area contributed by atoms with Gasteiger partial charge in [-0.1, -0.05) is 12.1 Å². The van der Waals surface area contributed by atoms with Gasteiger partial charge in [0.25, 0.3) is 5.91 Å². The van der Waals surface area contributed by atoms with Crippen LogP contribution in [0.5, 0.6) is 5.75 Å². The molecule has 0 spiro atoms. The van der Waals surface area contributed by atoms with E-state index in [0.717, 1.165) is 15.8 Å². The van der Waals surface area contributed by atoms with E-state index in [-0.39, 0.29) is 5.91 Å². The molecule has 126 valence electrons. The highest BCUT2D eigenvalue weighted by Crippen LogP contribution is 2.25. The highest BCUT2D eigenvalue weighted by atomic mass is 79.9. The quantitative estimate of drug-likeness (QED) is 0.645. The van der Waals surface area contributed by atoms with Gasteiger partial charge in [-0.25, -0.2) is 4.98 Å². The van der Waals surface area contributed by atoms with Crippen molar-refractivity contribution in [2.45, 2.75) is 0 Å². The summed E-state index contributed by atoms with van der Waals surface area (Å²) in [5.74, 6) is 0.970. The first-order chi connectivity index (χ1) is 12.2. The molecule has 3 aromatic rings. The Morgan fingerprint density at radius 2 is 1.80 bits per heavy atom. The number of nitrogens with zero attached hydrogens (tertiary/aromatic N) is 1. The van der Waals surface area contributed by atoms with Crippen LogP contribution in [0, 0.1) is 0 Å². The minimum Gasteiger partial charge on any atom is -0.497 e. The Hall–Kier alpha value is -2.86. The maximum absolute atomic E-state index is 12.2. The molecule has 0 atom stereocenters. The number of rotatable bonds is 5. The van der Waals surface area contributed by atoms with Crippen LogP contribution in [0.15, 0.2) is 71.3 Å². The molecule has 1 heterocycles. The van der Waals surface area contributed by atoms with Crippen molar-refractivity contribution in [1.82, 2.24) is 4.98 Å². The number of amides is 1. The number of hydrogen-bond donors (Lipinski definition) is 2. The first-order valence-electron chi connectivity index (χ1n) is 7.59. The summed E-state index contributed by atoms with van der Waals surface area (Å²) < 4.78 is 6.05. The standard InChI is InChI=1S/C19H16BrN3O2/c1-25-15-9-6-13(7-10-15)19(24)23-18-11-8-14(12-21-18)22-17-5-3-2-4-16(17)20/h2-12,22H,1H3,(H,21,23,24). The van der Waals surface area contributed by atoms with Gasteiger partial charge in [0.05, 0.1) is 24.7 Å². The zero-order valence-corrected chi connectivity index (χ0v) is 15.1. The van der Waals surface area contributed by atoms with Gasteiger partial charge >= 0.3 is 0 Å².